The molecule has 0 aliphatic heterocycles. The fourth-order valence-corrected chi connectivity index (χ4v) is 2.17. The highest BCUT2D eigenvalue weighted by atomic mass is 16.5. The van der Waals surface area contributed by atoms with Crippen LogP contribution in [0.2, 0.25) is 0 Å². The van der Waals surface area contributed by atoms with Crippen LogP contribution in [0.15, 0.2) is 18.2 Å². The molecule has 1 heterocycles. The fraction of sp³-hybridized carbons (Fsp3) is 0.643. The van der Waals surface area contributed by atoms with Crippen molar-refractivity contribution in [1.29, 1.82) is 0 Å². The lowest BCUT2D eigenvalue weighted by Crippen LogP contribution is -2.09. The van der Waals surface area contributed by atoms with E-state index in [1.54, 1.807) is 0 Å². The zero-order valence-electron chi connectivity index (χ0n) is 10.6. The van der Waals surface area contributed by atoms with Gasteiger partial charge in [-0.05, 0) is 31.4 Å². The van der Waals surface area contributed by atoms with Gasteiger partial charge in [0.2, 0.25) is 0 Å². The average Bonchev–Trinajstić information content (AvgIpc) is 2.87. The lowest BCUT2D eigenvalue weighted by Gasteiger charge is -2.11. The highest BCUT2D eigenvalue weighted by Gasteiger charge is 2.15. The minimum Gasteiger partial charge on any atom is -0.372 e. The number of rotatable bonds is 6. The first kappa shape index (κ1) is 12.4. The van der Waals surface area contributed by atoms with Gasteiger partial charge in [0.05, 0.1) is 18.4 Å². The van der Waals surface area contributed by atoms with E-state index in [1.807, 2.05) is 18.2 Å². The Morgan fingerprint density at radius 2 is 2.18 bits per heavy atom. The predicted octanol–water partition coefficient (Wildman–Crippen LogP) is 3.36. The molecule has 17 heavy (non-hydrogen) atoms. The van der Waals surface area contributed by atoms with Crippen LogP contribution in [0.1, 0.15) is 44.7 Å². The zero-order chi connectivity index (χ0) is 11.9. The summed E-state index contributed by atoms with van der Waals surface area (Å²) in [7, 11) is 0. The lowest BCUT2D eigenvalue weighted by atomic mass is 10.3. The molecule has 3 heteroatoms. The third-order valence-electron chi connectivity index (χ3n) is 3.13. The summed E-state index contributed by atoms with van der Waals surface area (Å²) in [6, 6.07) is 6.08. The van der Waals surface area contributed by atoms with E-state index in [9.17, 15) is 0 Å². The molecule has 1 fully saturated rings. The minimum atomic E-state index is 0.462. The molecule has 0 amide bonds. The molecule has 2 rings (SSSR count). The number of nitrogens with zero attached hydrogens (tertiary/aromatic N) is 1. The number of aromatic nitrogens is 1. The molecular formula is C14H22N2O. The Bertz CT molecular complexity index is 335. The standard InChI is InChI=1S/C14H22N2O/c1-2-10-15-14-9-5-6-12(16-14)11-17-13-7-3-4-8-13/h5-6,9,13H,2-4,7-8,10-11H2,1H3,(H,15,16). The number of nitrogens with one attached hydrogen (secondary N) is 1. The van der Waals surface area contributed by atoms with Crippen molar-refractivity contribution in [2.45, 2.75) is 51.7 Å². The first-order chi connectivity index (χ1) is 8.38. The van der Waals surface area contributed by atoms with Crippen molar-refractivity contribution < 1.29 is 4.74 Å². The molecule has 1 saturated carbocycles. The molecule has 1 aromatic rings. The smallest absolute Gasteiger partial charge is 0.126 e. The molecule has 1 aliphatic rings. The second-order valence-corrected chi connectivity index (χ2v) is 4.66. The fourth-order valence-electron chi connectivity index (χ4n) is 2.17. The van der Waals surface area contributed by atoms with Crippen molar-refractivity contribution in [1.82, 2.24) is 4.98 Å². The van der Waals surface area contributed by atoms with Gasteiger partial charge in [0.25, 0.3) is 0 Å². The van der Waals surface area contributed by atoms with Gasteiger partial charge >= 0.3 is 0 Å². The third-order valence-corrected chi connectivity index (χ3v) is 3.13. The van der Waals surface area contributed by atoms with E-state index in [-0.39, 0.29) is 0 Å². The maximum absolute atomic E-state index is 5.86. The van der Waals surface area contributed by atoms with Gasteiger partial charge in [-0.3, -0.25) is 0 Å². The van der Waals surface area contributed by atoms with Gasteiger partial charge < -0.3 is 10.1 Å². The van der Waals surface area contributed by atoms with E-state index in [0.29, 0.717) is 12.7 Å². The molecule has 0 unspecified atom stereocenters. The van der Waals surface area contributed by atoms with Crippen molar-refractivity contribution in [2.75, 3.05) is 11.9 Å². The zero-order valence-corrected chi connectivity index (χ0v) is 10.6. The first-order valence-electron chi connectivity index (χ1n) is 6.70. The van der Waals surface area contributed by atoms with Gasteiger partial charge in [-0.25, -0.2) is 4.98 Å². The molecule has 0 radical (unpaired) electrons. The summed E-state index contributed by atoms with van der Waals surface area (Å²) >= 11 is 0. The van der Waals surface area contributed by atoms with Gasteiger partial charge in [0, 0.05) is 6.54 Å². The highest BCUT2D eigenvalue weighted by molar-refractivity contribution is 5.34. The second kappa shape index (κ2) is 6.60. The summed E-state index contributed by atoms with van der Waals surface area (Å²) in [5.74, 6) is 0.958. The number of ether oxygens (including phenoxy) is 1. The quantitative estimate of drug-likeness (QED) is 0.819. The third kappa shape index (κ3) is 4.00. The Labute approximate surface area is 104 Å². The largest absolute Gasteiger partial charge is 0.372 e. The molecule has 0 spiro atoms. The van der Waals surface area contributed by atoms with Crippen LogP contribution in [0.4, 0.5) is 5.82 Å². The van der Waals surface area contributed by atoms with Crippen molar-refractivity contribution in [2.24, 2.45) is 0 Å². The topological polar surface area (TPSA) is 34.1 Å². The van der Waals surface area contributed by atoms with Crippen molar-refractivity contribution in [3.63, 3.8) is 0 Å². The van der Waals surface area contributed by atoms with E-state index >= 15 is 0 Å². The molecule has 1 aromatic heterocycles. The van der Waals surface area contributed by atoms with Crippen LogP contribution < -0.4 is 5.32 Å². The molecular weight excluding hydrogens is 212 g/mol. The number of anilines is 1. The first-order valence-corrected chi connectivity index (χ1v) is 6.70. The normalized spacial score (nSPS) is 16.3. The van der Waals surface area contributed by atoms with E-state index in [2.05, 4.69) is 17.2 Å². The van der Waals surface area contributed by atoms with Gasteiger partial charge in [0.1, 0.15) is 5.82 Å². The lowest BCUT2D eigenvalue weighted by molar-refractivity contribution is 0.0438. The molecule has 1 aliphatic carbocycles. The Kier molecular flexibility index (Phi) is 4.80. The van der Waals surface area contributed by atoms with Crippen molar-refractivity contribution in [3.8, 4) is 0 Å². The van der Waals surface area contributed by atoms with Gasteiger partial charge in [0.15, 0.2) is 0 Å². The molecule has 94 valence electrons. The van der Waals surface area contributed by atoms with E-state index in [1.165, 1.54) is 25.7 Å². The van der Waals surface area contributed by atoms with Gasteiger partial charge in [-0.15, -0.1) is 0 Å². The Balaban J connectivity index is 1.82. The summed E-state index contributed by atoms with van der Waals surface area (Å²) in [6.07, 6.45) is 6.64. The number of hydrogen-bond acceptors (Lipinski definition) is 3. The minimum absolute atomic E-state index is 0.462. The average molecular weight is 234 g/mol. The van der Waals surface area contributed by atoms with Crippen LogP contribution in [0.3, 0.4) is 0 Å². The van der Waals surface area contributed by atoms with E-state index in [4.69, 9.17) is 4.74 Å². The van der Waals surface area contributed by atoms with E-state index in [0.717, 1.165) is 24.5 Å². The Morgan fingerprint density at radius 3 is 2.94 bits per heavy atom. The van der Waals surface area contributed by atoms with Crippen LogP contribution in [-0.2, 0) is 11.3 Å². The second-order valence-electron chi connectivity index (χ2n) is 4.66. The molecule has 0 bridgehead atoms. The van der Waals surface area contributed by atoms with Crippen LogP contribution in [-0.4, -0.2) is 17.6 Å². The summed E-state index contributed by atoms with van der Waals surface area (Å²) in [5.41, 5.74) is 1.03. The van der Waals surface area contributed by atoms with Crippen LogP contribution in [0.25, 0.3) is 0 Å². The van der Waals surface area contributed by atoms with Crippen molar-refractivity contribution in [3.05, 3.63) is 23.9 Å². The van der Waals surface area contributed by atoms with Crippen LogP contribution in [0.5, 0.6) is 0 Å². The molecule has 0 atom stereocenters. The maximum atomic E-state index is 5.86. The molecule has 3 nitrogen and oxygen atoms in total. The highest BCUT2D eigenvalue weighted by Crippen LogP contribution is 2.21. The Morgan fingerprint density at radius 1 is 1.35 bits per heavy atom. The Hall–Kier alpha value is -1.09. The van der Waals surface area contributed by atoms with Gasteiger partial charge in [-0.1, -0.05) is 25.8 Å². The monoisotopic (exact) mass is 234 g/mol. The molecule has 0 aromatic carbocycles. The maximum Gasteiger partial charge on any atom is 0.126 e. The number of hydrogen-bond donors (Lipinski definition) is 1. The van der Waals surface area contributed by atoms with Crippen molar-refractivity contribution >= 4 is 5.82 Å². The summed E-state index contributed by atoms with van der Waals surface area (Å²) in [4.78, 5) is 4.54. The predicted molar refractivity (Wildman–Crippen MR) is 70.1 cm³/mol. The summed E-state index contributed by atoms with van der Waals surface area (Å²) in [5, 5.41) is 3.30. The summed E-state index contributed by atoms with van der Waals surface area (Å²) < 4.78 is 5.86. The molecule has 0 saturated heterocycles. The molecule has 1 N–H and O–H groups in total. The van der Waals surface area contributed by atoms with Crippen LogP contribution in [0, 0.1) is 0 Å². The SMILES string of the molecule is CCCNc1cccc(COC2CCCC2)n1. The van der Waals surface area contributed by atoms with E-state index < -0.39 is 0 Å². The number of pyridine rings is 1. The van der Waals surface area contributed by atoms with Gasteiger partial charge in [-0.2, -0.15) is 0 Å². The van der Waals surface area contributed by atoms with Crippen LogP contribution >= 0.6 is 0 Å². The summed E-state index contributed by atoms with van der Waals surface area (Å²) in [6.45, 7) is 3.77.